The summed E-state index contributed by atoms with van der Waals surface area (Å²) in [5.41, 5.74) is 1.48. The Hall–Kier alpha value is -0.380. The van der Waals surface area contributed by atoms with Crippen molar-refractivity contribution in [2.24, 2.45) is 0 Å². The molecule has 2 aromatic carbocycles. The minimum Gasteiger partial charge on any atom is -0.207 e. The summed E-state index contributed by atoms with van der Waals surface area (Å²) in [6.07, 6.45) is 0.713. The summed E-state index contributed by atoms with van der Waals surface area (Å²) >= 11 is 13.1. The van der Waals surface area contributed by atoms with E-state index >= 15 is 0 Å². The van der Waals surface area contributed by atoms with Crippen molar-refractivity contribution in [2.75, 3.05) is 10.7 Å². The van der Waals surface area contributed by atoms with Crippen molar-refractivity contribution in [3.63, 3.8) is 0 Å². The third-order valence-electron chi connectivity index (χ3n) is 3.39. The third kappa shape index (κ3) is 3.44. The second-order valence-corrected chi connectivity index (χ2v) is 6.39. The maximum Gasteiger partial charge on any atom is 0.127 e. The van der Waals surface area contributed by atoms with Crippen molar-refractivity contribution >= 4 is 43.5 Å². The first-order valence-corrected chi connectivity index (χ1v) is 8.85. The molecule has 0 aliphatic rings. The molecule has 0 nitrogen and oxygen atoms in total. The standard InChI is InChI=1S/C16H14Br2ClF/c17-10-16(11-18,14-6-1-2-7-15(14)20)9-12-4-3-5-13(19)8-12/h1-8H,9-11H2. The molecule has 0 N–H and O–H groups in total. The SMILES string of the molecule is Fc1ccccc1C(CBr)(CBr)Cc1cccc(Cl)c1. The molecule has 0 spiro atoms. The molecule has 0 heterocycles. The second-order valence-electron chi connectivity index (χ2n) is 4.83. The first-order valence-electron chi connectivity index (χ1n) is 6.23. The van der Waals surface area contributed by atoms with Crippen LogP contribution in [0, 0.1) is 5.82 Å². The first-order chi connectivity index (χ1) is 9.61. The molecule has 0 aromatic heterocycles. The fourth-order valence-corrected chi connectivity index (χ4v) is 4.44. The van der Waals surface area contributed by atoms with E-state index in [0.29, 0.717) is 27.7 Å². The van der Waals surface area contributed by atoms with Crippen LogP contribution in [0.25, 0.3) is 0 Å². The zero-order chi connectivity index (χ0) is 14.6. The molecule has 0 radical (unpaired) electrons. The maximum absolute atomic E-state index is 14.2. The van der Waals surface area contributed by atoms with Gasteiger partial charge in [-0.05, 0) is 35.7 Å². The summed E-state index contributed by atoms with van der Waals surface area (Å²) in [6, 6.07) is 14.7. The number of halogens is 4. The number of hydrogen-bond donors (Lipinski definition) is 0. The van der Waals surface area contributed by atoms with E-state index in [4.69, 9.17) is 11.6 Å². The van der Waals surface area contributed by atoms with Crippen molar-refractivity contribution in [3.8, 4) is 0 Å². The van der Waals surface area contributed by atoms with Crippen LogP contribution in [-0.2, 0) is 11.8 Å². The first kappa shape index (κ1) is 16.0. The Morgan fingerprint density at radius 1 is 1.00 bits per heavy atom. The zero-order valence-electron chi connectivity index (χ0n) is 10.8. The van der Waals surface area contributed by atoms with Crippen molar-refractivity contribution in [3.05, 3.63) is 70.5 Å². The molecule has 0 saturated carbocycles. The largest absolute Gasteiger partial charge is 0.207 e. The molecule has 0 amide bonds. The van der Waals surface area contributed by atoms with Gasteiger partial charge in [-0.1, -0.05) is 73.8 Å². The average molecular weight is 421 g/mol. The van der Waals surface area contributed by atoms with Gasteiger partial charge in [0.05, 0.1) is 0 Å². The molecule has 0 saturated heterocycles. The minimum atomic E-state index is -0.337. The molecule has 4 heteroatoms. The van der Waals surface area contributed by atoms with Gasteiger partial charge >= 0.3 is 0 Å². The Morgan fingerprint density at radius 3 is 2.30 bits per heavy atom. The highest BCUT2D eigenvalue weighted by molar-refractivity contribution is 9.09. The summed E-state index contributed by atoms with van der Waals surface area (Å²) in [6.45, 7) is 0. The second kappa shape index (κ2) is 7.06. The van der Waals surface area contributed by atoms with Crippen LogP contribution in [-0.4, -0.2) is 10.7 Å². The van der Waals surface area contributed by atoms with E-state index in [1.54, 1.807) is 6.07 Å². The van der Waals surface area contributed by atoms with Gasteiger partial charge < -0.3 is 0 Å². The van der Waals surface area contributed by atoms with Gasteiger partial charge in [-0.15, -0.1) is 0 Å². The highest BCUT2D eigenvalue weighted by atomic mass is 79.9. The van der Waals surface area contributed by atoms with E-state index in [0.717, 1.165) is 5.56 Å². The summed E-state index contributed by atoms with van der Waals surface area (Å²) in [4.78, 5) is 0. The molecular formula is C16H14Br2ClF. The lowest BCUT2D eigenvalue weighted by molar-refractivity contribution is 0.501. The van der Waals surface area contributed by atoms with E-state index in [-0.39, 0.29) is 11.2 Å². The fraction of sp³-hybridized carbons (Fsp3) is 0.250. The van der Waals surface area contributed by atoms with Gasteiger partial charge in [-0.2, -0.15) is 0 Å². The molecule has 0 atom stereocenters. The Bertz CT molecular complexity index is 582. The molecule has 0 bridgehead atoms. The smallest absolute Gasteiger partial charge is 0.127 e. The quantitative estimate of drug-likeness (QED) is 0.541. The summed E-state index contributed by atoms with van der Waals surface area (Å²) < 4.78 is 14.2. The molecule has 20 heavy (non-hydrogen) atoms. The number of benzene rings is 2. The Labute approximate surface area is 140 Å². The van der Waals surface area contributed by atoms with Gasteiger partial charge in [-0.3, -0.25) is 0 Å². The highest BCUT2D eigenvalue weighted by Gasteiger charge is 2.32. The van der Waals surface area contributed by atoms with E-state index in [9.17, 15) is 4.39 Å². The molecular weight excluding hydrogens is 406 g/mol. The summed E-state index contributed by atoms with van der Waals surface area (Å²) in [7, 11) is 0. The van der Waals surface area contributed by atoms with Crippen LogP contribution in [0.2, 0.25) is 5.02 Å². The van der Waals surface area contributed by atoms with E-state index in [2.05, 4.69) is 31.9 Å². The topological polar surface area (TPSA) is 0 Å². The van der Waals surface area contributed by atoms with E-state index < -0.39 is 0 Å². The van der Waals surface area contributed by atoms with Crippen LogP contribution < -0.4 is 0 Å². The maximum atomic E-state index is 14.2. The van der Waals surface area contributed by atoms with Gasteiger partial charge in [0.25, 0.3) is 0 Å². The number of rotatable bonds is 5. The minimum absolute atomic E-state index is 0.173. The van der Waals surface area contributed by atoms with E-state index in [1.807, 2.05) is 36.4 Å². The molecule has 0 aliphatic heterocycles. The number of alkyl halides is 2. The summed E-state index contributed by atoms with van der Waals surface area (Å²) in [5, 5.41) is 2.03. The Kier molecular flexibility index (Phi) is 5.65. The highest BCUT2D eigenvalue weighted by Crippen LogP contribution is 2.34. The lowest BCUT2D eigenvalue weighted by Gasteiger charge is -2.31. The van der Waals surface area contributed by atoms with Gasteiger partial charge in [0, 0.05) is 21.1 Å². The molecule has 2 rings (SSSR count). The predicted molar refractivity (Wildman–Crippen MR) is 90.8 cm³/mol. The van der Waals surface area contributed by atoms with Crippen molar-refractivity contribution < 1.29 is 4.39 Å². The molecule has 2 aromatic rings. The molecule has 0 unspecified atom stereocenters. The van der Waals surface area contributed by atoms with Crippen LogP contribution in [0.15, 0.2) is 48.5 Å². The van der Waals surface area contributed by atoms with Crippen molar-refractivity contribution in [1.29, 1.82) is 0 Å². The van der Waals surface area contributed by atoms with Crippen molar-refractivity contribution in [1.82, 2.24) is 0 Å². The van der Waals surface area contributed by atoms with Crippen LogP contribution in [0.1, 0.15) is 11.1 Å². The lowest BCUT2D eigenvalue weighted by atomic mass is 9.79. The van der Waals surface area contributed by atoms with Crippen LogP contribution in [0.3, 0.4) is 0 Å². The third-order valence-corrected chi connectivity index (χ3v) is 5.77. The zero-order valence-corrected chi connectivity index (χ0v) is 14.7. The summed E-state index contributed by atoms with van der Waals surface area (Å²) in [5.74, 6) is -0.173. The Balaban J connectivity index is 2.42. The predicted octanol–water partition coefficient (Wildman–Crippen LogP) is 5.75. The van der Waals surface area contributed by atoms with Gasteiger partial charge in [0.15, 0.2) is 0 Å². The van der Waals surface area contributed by atoms with Crippen LogP contribution >= 0.6 is 43.5 Å². The molecule has 0 aliphatic carbocycles. The lowest BCUT2D eigenvalue weighted by Crippen LogP contribution is -2.34. The molecule has 106 valence electrons. The van der Waals surface area contributed by atoms with Crippen molar-refractivity contribution in [2.45, 2.75) is 11.8 Å². The average Bonchev–Trinajstić information content (AvgIpc) is 2.46. The van der Waals surface area contributed by atoms with Gasteiger partial charge in [-0.25, -0.2) is 4.39 Å². The van der Waals surface area contributed by atoms with Gasteiger partial charge in [0.1, 0.15) is 5.82 Å². The number of hydrogen-bond acceptors (Lipinski definition) is 0. The van der Waals surface area contributed by atoms with Crippen LogP contribution in [0.5, 0.6) is 0 Å². The van der Waals surface area contributed by atoms with Crippen LogP contribution in [0.4, 0.5) is 4.39 Å². The fourth-order valence-electron chi connectivity index (χ4n) is 2.30. The van der Waals surface area contributed by atoms with E-state index in [1.165, 1.54) is 6.07 Å². The Morgan fingerprint density at radius 2 is 1.70 bits per heavy atom. The molecule has 0 fully saturated rings. The monoisotopic (exact) mass is 418 g/mol. The normalized spacial score (nSPS) is 11.6. The van der Waals surface area contributed by atoms with Gasteiger partial charge in [0.2, 0.25) is 0 Å².